The van der Waals surface area contributed by atoms with Gasteiger partial charge >= 0.3 is 0 Å². The highest BCUT2D eigenvalue weighted by molar-refractivity contribution is 5.92. The minimum absolute atomic E-state index is 0.0733. The lowest BCUT2D eigenvalue weighted by molar-refractivity contribution is -0.125. The average Bonchev–Trinajstić information content (AvgIpc) is 2.32. The van der Waals surface area contributed by atoms with Crippen molar-refractivity contribution >= 4 is 17.5 Å². The molecule has 1 aromatic rings. The van der Waals surface area contributed by atoms with Crippen LogP contribution in [-0.2, 0) is 9.59 Å². The molecule has 1 aromatic carbocycles. The van der Waals surface area contributed by atoms with E-state index in [2.05, 4.69) is 10.6 Å². The molecule has 2 N–H and O–H groups in total. The van der Waals surface area contributed by atoms with Crippen molar-refractivity contribution in [2.45, 2.75) is 0 Å². The number of piperazine rings is 1. The average molecular weight is 251 g/mol. The molecule has 1 aliphatic rings. The van der Waals surface area contributed by atoms with Crippen LogP contribution >= 0.6 is 0 Å². The molecule has 0 aromatic heterocycles. The van der Waals surface area contributed by atoms with Gasteiger partial charge in [-0.2, -0.15) is 0 Å². The minimum atomic E-state index is -0.347. The third kappa shape index (κ3) is 3.53. The Morgan fingerprint density at radius 2 is 2.11 bits per heavy atom. The summed E-state index contributed by atoms with van der Waals surface area (Å²) in [5.74, 6) is -0.632. The lowest BCUT2D eigenvalue weighted by Gasteiger charge is -2.25. The zero-order chi connectivity index (χ0) is 13.0. The van der Waals surface area contributed by atoms with Crippen molar-refractivity contribution < 1.29 is 14.0 Å². The molecule has 0 radical (unpaired) electrons. The first-order valence-electron chi connectivity index (χ1n) is 5.68. The lowest BCUT2D eigenvalue weighted by Crippen LogP contribution is -2.49. The highest BCUT2D eigenvalue weighted by atomic mass is 19.1. The van der Waals surface area contributed by atoms with E-state index >= 15 is 0 Å². The molecule has 0 saturated carbocycles. The van der Waals surface area contributed by atoms with Gasteiger partial charge in [0.05, 0.1) is 13.1 Å². The second kappa shape index (κ2) is 5.59. The third-order valence-electron chi connectivity index (χ3n) is 2.61. The summed E-state index contributed by atoms with van der Waals surface area (Å²) in [5, 5.41) is 5.34. The molecular formula is C12H14FN3O2. The van der Waals surface area contributed by atoms with Gasteiger partial charge in [0, 0.05) is 18.8 Å². The summed E-state index contributed by atoms with van der Waals surface area (Å²) in [5.41, 5.74) is 0.544. The standard InChI is InChI=1S/C12H14FN3O2/c13-9-1-3-10(4-2-9)15-12(18)8-16-6-5-14-11(17)7-16/h1-4H,5-8H2,(H,14,17)(H,15,18). The van der Waals surface area contributed by atoms with Crippen molar-refractivity contribution in [3.05, 3.63) is 30.1 Å². The van der Waals surface area contributed by atoms with E-state index in [9.17, 15) is 14.0 Å². The van der Waals surface area contributed by atoms with Gasteiger partial charge in [0.15, 0.2) is 0 Å². The number of nitrogens with one attached hydrogen (secondary N) is 2. The van der Waals surface area contributed by atoms with Crippen LogP contribution < -0.4 is 10.6 Å². The van der Waals surface area contributed by atoms with Crippen LogP contribution in [0.4, 0.5) is 10.1 Å². The van der Waals surface area contributed by atoms with Crippen LogP contribution in [0.15, 0.2) is 24.3 Å². The zero-order valence-corrected chi connectivity index (χ0v) is 9.78. The van der Waals surface area contributed by atoms with E-state index in [1.54, 1.807) is 4.90 Å². The first-order chi connectivity index (χ1) is 8.63. The number of rotatable bonds is 3. The molecule has 96 valence electrons. The van der Waals surface area contributed by atoms with Crippen molar-refractivity contribution in [1.29, 1.82) is 0 Å². The summed E-state index contributed by atoms with van der Waals surface area (Å²) in [7, 11) is 0. The van der Waals surface area contributed by atoms with Crippen LogP contribution in [0.2, 0.25) is 0 Å². The fourth-order valence-electron chi connectivity index (χ4n) is 1.76. The van der Waals surface area contributed by atoms with Crippen LogP contribution in [0.25, 0.3) is 0 Å². The third-order valence-corrected chi connectivity index (χ3v) is 2.61. The van der Waals surface area contributed by atoms with E-state index in [1.165, 1.54) is 24.3 Å². The number of nitrogens with zero attached hydrogens (tertiary/aromatic N) is 1. The van der Waals surface area contributed by atoms with E-state index in [0.717, 1.165) is 0 Å². The summed E-state index contributed by atoms with van der Waals surface area (Å²) in [6.45, 7) is 1.60. The molecule has 18 heavy (non-hydrogen) atoms. The molecule has 6 heteroatoms. The van der Waals surface area contributed by atoms with Gasteiger partial charge in [0.2, 0.25) is 11.8 Å². The molecule has 2 amide bonds. The molecular weight excluding hydrogens is 237 g/mol. The lowest BCUT2D eigenvalue weighted by atomic mass is 10.3. The normalized spacial score (nSPS) is 16.2. The maximum Gasteiger partial charge on any atom is 0.238 e. The van der Waals surface area contributed by atoms with Gasteiger partial charge in [-0.05, 0) is 24.3 Å². The van der Waals surface area contributed by atoms with Gasteiger partial charge in [-0.1, -0.05) is 0 Å². The summed E-state index contributed by atoms with van der Waals surface area (Å²) < 4.78 is 12.7. The smallest absolute Gasteiger partial charge is 0.238 e. The Bertz CT molecular complexity index is 447. The Kier molecular flexibility index (Phi) is 3.88. The summed E-state index contributed by atoms with van der Waals surface area (Å²) in [6.07, 6.45) is 0. The van der Waals surface area contributed by atoms with Crippen LogP contribution in [0.5, 0.6) is 0 Å². The summed E-state index contributed by atoms with van der Waals surface area (Å²) >= 11 is 0. The fraction of sp³-hybridized carbons (Fsp3) is 0.333. The van der Waals surface area contributed by atoms with Crippen molar-refractivity contribution in [2.24, 2.45) is 0 Å². The monoisotopic (exact) mass is 251 g/mol. The summed E-state index contributed by atoms with van der Waals surface area (Å²) in [4.78, 5) is 24.6. The van der Waals surface area contributed by atoms with Crippen LogP contribution in [0.1, 0.15) is 0 Å². The number of hydrogen-bond acceptors (Lipinski definition) is 3. The first kappa shape index (κ1) is 12.5. The molecule has 1 heterocycles. The highest BCUT2D eigenvalue weighted by Crippen LogP contribution is 2.08. The number of amides is 2. The maximum absolute atomic E-state index is 12.7. The van der Waals surface area contributed by atoms with Gasteiger partial charge in [0.1, 0.15) is 5.82 Å². The predicted octanol–water partition coefficient (Wildman–Crippen LogP) is 0.196. The first-order valence-corrected chi connectivity index (χ1v) is 5.68. The fourth-order valence-corrected chi connectivity index (χ4v) is 1.76. The quantitative estimate of drug-likeness (QED) is 0.806. The van der Waals surface area contributed by atoms with E-state index in [-0.39, 0.29) is 30.7 Å². The van der Waals surface area contributed by atoms with Gasteiger partial charge in [-0.25, -0.2) is 4.39 Å². The van der Waals surface area contributed by atoms with E-state index in [4.69, 9.17) is 0 Å². The number of halogens is 1. The van der Waals surface area contributed by atoms with E-state index < -0.39 is 0 Å². The van der Waals surface area contributed by atoms with Gasteiger partial charge < -0.3 is 10.6 Å². The number of benzene rings is 1. The zero-order valence-electron chi connectivity index (χ0n) is 9.78. The van der Waals surface area contributed by atoms with Crippen molar-refractivity contribution in [1.82, 2.24) is 10.2 Å². The van der Waals surface area contributed by atoms with Gasteiger partial charge in [-0.15, -0.1) is 0 Å². The van der Waals surface area contributed by atoms with Gasteiger partial charge in [-0.3, -0.25) is 14.5 Å². The largest absolute Gasteiger partial charge is 0.354 e. The van der Waals surface area contributed by atoms with Crippen LogP contribution in [0.3, 0.4) is 0 Å². The van der Waals surface area contributed by atoms with Gasteiger partial charge in [0.25, 0.3) is 0 Å². The molecule has 0 bridgehead atoms. The Morgan fingerprint density at radius 3 is 2.78 bits per heavy atom. The van der Waals surface area contributed by atoms with Crippen molar-refractivity contribution in [2.75, 3.05) is 31.5 Å². The Hall–Kier alpha value is -1.95. The Morgan fingerprint density at radius 1 is 1.39 bits per heavy atom. The molecule has 1 fully saturated rings. The second-order valence-corrected chi connectivity index (χ2v) is 4.12. The van der Waals surface area contributed by atoms with E-state index in [0.29, 0.717) is 18.8 Å². The molecule has 2 rings (SSSR count). The molecule has 0 spiro atoms. The Balaban J connectivity index is 1.84. The van der Waals surface area contributed by atoms with Crippen molar-refractivity contribution in [3.8, 4) is 0 Å². The predicted molar refractivity (Wildman–Crippen MR) is 64.5 cm³/mol. The second-order valence-electron chi connectivity index (χ2n) is 4.12. The molecule has 0 aliphatic carbocycles. The number of anilines is 1. The number of hydrogen-bond donors (Lipinski definition) is 2. The van der Waals surface area contributed by atoms with Crippen LogP contribution in [-0.4, -0.2) is 42.9 Å². The van der Waals surface area contributed by atoms with Crippen molar-refractivity contribution in [3.63, 3.8) is 0 Å². The topological polar surface area (TPSA) is 61.4 Å². The number of carbonyl (C=O) groups excluding carboxylic acids is 2. The number of carbonyl (C=O) groups is 2. The SMILES string of the molecule is O=C1CN(CC(=O)Nc2ccc(F)cc2)CCN1. The summed E-state index contributed by atoms with van der Waals surface area (Å²) in [6, 6.07) is 5.56. The van der Waals surface area contributed by atoms with E-state index in [1.807, 2.05) is 0 Å². The van der Waals surface area contributed by atoms with Crippen LogP contribution in [0, 0.1) is 5.82 Å². The molecule has 5 nitrogen and oxygen atoms in total. The molecule has 1 aliphatic heterocycles. The maximum atomic E-state index is 12.7. The molecule has 1 saturated heterocycles. The minimum Gasteiger partial charge on any atom is -0.354 e. The molecule has 0 atom stereocenters. The highest BCUT2D eigenvalue weighted by Gasteiger charge is 2.18. The molecule has 0 unspecified atom stereocenters. The Labute approximate surface area is 104 Å².